The maximum absolute atomic E-state index is 12.7. The zero-order valence-electron chi connectivity index (χ0n) is 5.89. The molecular weight excluding hydrogens is 273 g/mol. The van der Waals surface area contributed by atoms with E-state index in [-0.39, 0.29) is 4.47 Å². The first kappa shape index (κ1) is 10.5. The summed E-state index contributed by atoms with van der Waals surface area (Å²) in [5.41, 5.74) is 0. The molecule has 72 valence electrons. The first-order chi connectivity index (χ1) is 5.82. The van der Waals surface area contributed by atoms with Crippen LogP contribution in [0.25, 0.3) is 0 Å². The fraction of sp³-hybridized carbons (Fsp3) is 0. The van der Waals surface area contributed by atoms with Gasteiger partial charge in [-0.1, -0.05) is 15.9 Å². The van der Waals surface area contributed by atoms with Crippen LogP contribution in [0.2, 0.25) is 0 Å². The van der Waals surface area contributed by atoms with Crippen LogP contribution in [0, 0.1) is 11.6 Å². The van der Waals surface area contributed by atoms with Gasteiger partial charge in [-0.05, 0) is 12.1 Å². The fourth-order valence-electron chi connectivity index (χ4n) is 0.762. The van der Waals surface area contributed by atoms with Crippen LogP contribution in [0.4, 0.5) is 12.7 Å². The molecule has 0 amide bonds. The van der Waals surface area contributed by atoms with Gasteiger partial charge in [0, 0.05) is 4.47 Å². The van der Waals surface area contributed by atoms with Crippen LogP contribution in [-0.2, 0) is 10.2 Å². The number of benzene rings is 1. The smallest absolute Gasteiger partial charge is 0.205 e. The lowest BCUT2D eigenvalue weighted by molar-refractivity contribution is 0.499. The molecule has 0 spiro atoms. The summed E-state index contributed by atoms with van der Waals surface area (Å²) in [6, 6.07) is 1.32. The minimum Gasteiger partial charge on any atom is -0.205 e. The van der Waals surface area contributed by atoms with Crippen LogP contribution in [0.5, 0.6) is 0 Å². The van der Waals surface area contributed by atoms with Crippen molar-refractivity contribution in [3.8, 4) is 0 Å². The topological polar surface area (TPSA) is 34.1 Å². The summed E-state index contributed by atoms with van der Waals surface area (Å²) in [4.78, 5) is -1.56. The monoisotopic (exact) mass is 274 g/mol. The minimum absolute atomic E-state index is 0.00472. The molecule has 0 heterocycles. The van der Waals surface area contributed by atoms with Gasteiger partial charge in [0.05, 0.1) is 0 Å². The fourth-order valence-corrected chi connectivity index (χ4v) is 1.75. The Labute approximate surface area is 80.7 Å². The van der Waals surface area contributed by atoms with E-state index in [9.17, 15) is 21.1 Å². The van der Waals surface area contributed by atoms with Crippen molar-refractivity contribution in [1.82, 2.24) is 0 Å². The SMILES string of the molecule is O=S(=O)(F)c1c(F)cc(Br)cc1F. The highest BCUT2D eigenvalue weighted by atomic mass is 79.9. The van der Waals surface area contributed by atoms with Crippen molar-refractivity contribution in [1.29, 1.82) is 0 Å². The Morgan fingerprint density at radius 1 is 1.15 bits per heavy atom. The Kier molecular flexibility index (Phi) is 2.67. The highest BCUT2D eigenvalue weighted by molar-refractivity contribution is 9.10. The Balaban J connectivity index is 3.57. The molecule has 0 fully saturated rings. The Hall–Kier alpha value is -0.560. The van der Waals surface area contributed by atoms with Crippen molar-refractivity contribution in [3.05, 3.63) is 28.2 Å². The molecule has 0 radical (unpaired) electrons. The Morgan fingerprint density at radius 2 is 1.54 bits per heavy atom. The standard InChI is InChI=1S/C6H2BrF3O2S/c7-3-1-4(8)6(5(9)2-3)13(10,11)12/h1-2H. The number of halogens is 4. The predicted octanol–water partition coefficient (Wildman–Crippen LogP) is 2.39. The van der Waals surface area contributed by atoms with Crippen molar-refractivity contribution in [3.63, 3.8) is 0 Å². The highest BCUT2D eigenvalue weighted by Gasteiger charge is 2.23. The minimum atomic E-state index is -5.35. The molecule has 0 aliphatic carbocycles. The molecule has 0 unspecified atom stereocenters. The third-order valence-electron chi connectivity index (χ3n) is 1.21. The van der Waals surface area contributed by atoms with Crippen LogP contribution >= 0.6 is 15.9 Å². The molecular formula is C6H2BrF3O2S. The largest absolute Gasteiger partial charge is 0.337 e. The summed E-state index contributed by atoms with van der Waals surface area (Å²) in [6.07, 6.45) is 0. The van der Waals surface area contributed by atoms with E-state index in [1.54, 1.807) is 0 Å². The van der Waals surface area contributed by atoms with Gasteiger partial charge < -0.3 is 0 Å². The molecule has 0 aromatic heterocycles. The second-order valence-electron chi connectivity index (χ2n) is 2.14. The van der Waals surface area contributed by atoms with E-state index in [4.69, 9.17) is 0 Å². The first-order valence-corrected chi connectivity index (χ1v) is 5.09. The van der Waals surface area contributed by atoms with Crippen LogP contribution in [0.15, 0.2) is 21.5 Å². The molecule has 13 heavy (non-hydrogen) atoms. The van der Waals surface area contributed by atoms with Crippen LogP contribution < -0.4 is 0 Å². The van der Waals surface area contributed by atoms with E-state index in [0.717, 1.165) is 0 Å². The lowest BCUT2D eigenvalue weighted by atomic mass is 10.3. The zero-order chi connectivity index (χ0) is 10.2. The molecule has 0 aliphatic rings. The van der Waals surface area contributed by atoms with Gasteiger partial charge in [0.2, 0.25) is 0 Å². The first-order valence-electron chi connectivity index (χ1n) is 2.91. The summed E-state index contributed by atoms with van der Waals surface area (Å²) in [7, 11) is -5.35. The molecule has 1 aromatic carbocycles. The molecule has 0 saturated carbocycles. The Bertz CT molecular complexity index is 420. The number of hydrogen-bond acceptors (Lipinski definition) is 2. The molecule has 0 atom stereocenters. The normalized spacial score (nSPS) is 11.7. The number of hydrogen-bond donors (Lipinski definition) is 0. The van der Waals surface area contributed by atoms with Crippen molar-refractivity contribution < 1.29 is 21.1 Å². The maximum Gasteiger partial charge on any atom is 0.337 e. The lowest BCUT2D eigenvalue weighted by Crippen LogP contribution is -2.00. The van der Waals surface area contributed by atoms with Gasteiger partial charge >= 0.3 is 10.2 Å². The summed E-state index contributed by atoms with van der Waals surface area (Å²) >= 11 is 2.72. The van der Waals surface area contributed by atoms with Gasteiger partial charge in [0.1, 0.15) is 11.6 Å². The van der Waals surface area contributed by atoms with Crippen LogP contribution in [0.3, 0.4) is 0 Å². The molecule has 1 rings (SSSR count). The maximum atomic E-state index is 12.7. The van der Waals surface area contributed by atoms with Crippen molar-refractivity contribution in [2.24, 2.45) is 0 Å². The van der Waals surface area contributed by atoms with Crippen LogP contribution in [-0.4, -0.2) is 8.42 Å². The molecule has 0 bridgehead atoms. The van der Waals surface area contributed by atoms with Gasteiger partial charge in [-0.25, -0.2) is 8.78 Å². The van der Waals surface area contributed by atoms with E-state index in [1.165, 1.54) is 0 Å². The van der Waals surface area contributed by atoms with E-state index in [2.05, 4.69) is 15.9 Å². The molecule has 7 heteroatoms. The van der Waals surface area contributed by atoms with Crippen LogP contribution in [0.1, 0.15) is 0 Å². The summed E-state index contributed by atoms with van der Waals surface area (Å²) < 4.78 is 58.1. The average Bonchev–Trinajstić information content (AvgIpc) is 1.78. The van der Waals surface area contributed by atoms with E-state index >= 15 is 0 Å². The van der Waals surface area contributed by atoms with Gasteiger partial charge in [-0.15, -0.1) is 3.89 Å². The zero-order valence-corrected chi connectivity index (χ0v) is 8.29. The summed E-state index contributed by atoms with van der Waals surface area (Å²) in [5, 5.41) is 0. The van der Waals surface area contributed by atoms with Gasteiger partial charge in [-0.2, -0.15) is 8.42 Å². The van der Waals surface area contributed by atoms with E-state index in [0.29, 0.717) is 12.1 Å². The molecule has 1 aromatic rings. The second kappa shape index (κ2) is 3.30. The second-order valence-corrected chi connectivity index (χ2v) is 4.34. The van der Waals surface area contributed by atoms with Crippen molar-refractivity contribution in [2.45, 2.75) is 4.90 Å². The molecule has 0 N–H and O–H groups in total. The highest BCUT2D eigenvalue weighted by Crippen LogP contribution is 2.24. The Morgan fingerprint density at radius 3 is 1.85 bits per heavy atom. The lowest BCUT2D eigenvalue weighted by Gasteiger charge is -1.99. The quantitative estimate of drug-likeness (QED) is 0.737. The van der Waals surface area contributed by atoms with Crippen molar-refractivity contribution in [2.75, 3.05) is 0 Å². The van der Waals surface area contributed by atoms with Crippen molar-refractivity contribution >= 4 is 26.2 Å². The summed E-state index contributed by atoms with van der Waals surface area (Å²) in [5.74, 6) is -2.93. The molecule has 0 aliphatic heterocycles. The van der Waals surface area contributed by atoms with Gasteiger partial charge in [0.15, 0.2) is 4.90 Å². The average molecular weight is 275 g/mol. The summed E-state index contributed by atoms with van der Waals surface area (Å²) in [6.45, 7) is 0. The van der Waals surface area contributed by atoms with E-state index < -0.39 is 26.8 Å². The van der Waals surface area contributed by atoms with Gasteiger partial charge in [0.25, 0.3) is 0 Å². The number of rotatable bonds is 1. The third-order valence-corrected chi connectivity index (χ3v) is 2.54. The third kappa shape index (κ3) is 2.22. The van der Waals surface area contributed by atoms with E-state index in [1.807, 2.05) is 0 Å². The van der Waals surface area contributed by atoms with Gasteiger partial charge in [-0.3, -0.25) is 0 Å². The molecule has 2 nitrogen and oxygen atoms in total. The molecule has 0 saturated heterocycles. The predicted molar refractivity (Wildman–Crippen MR) is 42.4 cm³/mol.